The average Bonchev–Trinajstić information content (AvgIpc) is 2.86. The van der Waals surface area contributed by atoms with Crippen molar-refractivity contribution < 1.29 is 25.3 Å². The predicted octanol–water partition coefficient (Wildman–Crippen LogP) is 1.20. The lowest BCUT2D eigenvalue weighted by molar-refractivity contribution is 0.401. The molecule has 2 fully saturated rings. The molecular weight excluding hydrogens is 448 g/mol. The van der Waals surface area contributed by atoms with Gasteiger partial charge >= 0.3 is 0 Å². The van der Waals surface area contributed by atoms with Gasteiger partial charge in [-0.15, -0.1) is 0 Å². The molecule has 3 rings (SSSR count). The van der Waals surface area contributed by atoms with Crippen molar-refractivity contribution in [1.29, 1.82) is 0 Å². The van der Waals surface area contributed by atoms with E-state index >= 15 is 0 Å². The first-order chi connectivity index (χ1) is 13.7. The number of hydrogen-bond acceptors (Lipinski definition) is 6. The summed E-state index contributed by atoms with van der Waals surface area (Å²) in [6.45, 7) is 6.63. The summed E-state index contributed by atoms with van der Waals surface area (Å²) in [6, 6.07) is 6.81. The van der Waals surface area contributed by atoms with Gasteiger partial charge in [-0.05, 0) is 36.0 Å². The van der Waals surface area contributed by atoms with Gasteiger partial charge in [0, 0.05) is 26.2 Å². The summed E-state index contributed by atoms with van der Waals surface area (Å²) in [6.07, 6.45) is 0.460. The molecule has 0 saturated carbocycles. The van der Waals surface area contributed by atoms with Gasteiger partial charge in [0.25, 0.3) is 0 Å². The number of hydrogen-bond donors (Lipinski definition) is 0. The highest BCUT2D eigenvalue weighted by Gasteiger charge is 2.41. The van der Waals surface area contributed by atoms with Gasteiger partial charge in [0.2, 0.25) is 20.0 Å². The molecule has 1 aromatic rings. The third kappa shape index (κ3) is 4.90. The van der Waals surface area contributed by atoms with Crippen molar-refractivity contribution in [2.24, 2.45) is 0 Å². The second-order valence-corrected chi connectivity index (χ2v) is 15.4. The van der Waals surface area contributed by atoms with Crippen molar-refractivity contribution in [2.45, 2.75) is 49.2 Å². The lowest BCUT2D eigenvalue weighted by Crippen LogP contribution is -2.42. The molecule has 30 heavy (non-hydrogen) atoms. The Morgan fingerprint density at radius 3 is 2.00 bits per heavy atom. The fraction of sp³-hybridized carbons (Fsp3) is 0.684. The minimum atomic E-state index is -3.78. The lowest BCUT2D eigenvalue weighted by Gasteiger charge is -2.24. The number of benzene rings is 1. The molecule has 8 nitrogen and oxygen atoms in total. The molecule has 2 aliphatic rings. The van der Waals surface area contributed by atoms with E-state index in [0.29, 0.717) is 6.42 Å². The Balaban J connectivity index is 1.74. The predicted molar refractivity (Wildman–Crippen MR) is 116 cm³/mol. The summed E-state index contributed by atoms with van der Waals surface area (Å²) in [5, 5.41) is -0.935. The van der Waals surface area contributed by atoms with Gasteiger partial charge in [0.1, 0.15) is 0 Å². The monoisotopic (exact) mass is 478 g/mol. The zero-order valence-corrected chi connectivity index (χ0v) is 20.1. The van der Waals surface area contributed by atoms with Crippen LogP contribution in [0.2, 0.25) is 0 Å². The van der Waals surface area contributed by atoms with Crippen LogP contribution in [0.3, 0.4) is 0 Å². The Labute approximate surface area is 180 Å². The number of nitrogens with zero attached hydrogens (tertiary/aromatic N) is 2. The van der Waals surface area contributed by atoms with Crippen LogP contribution in [-0.2, 0) is 35.3 Å². The molecule has 170 valence electrons. The lowest BCUT2D eigenvalue weighted by atomic mass is 9.87. The Bertz CT molecular complexity index is 1090. The standard InChI is InChI=1S/C19H30N2O6S3/c1-19(2,3)16-5-7-17(8-6-16)29(24,25)20-10-4-11-21(13-12-20)30(26,27)18-9-14-28(22,23)15-18/h5-8,18H,4,9-15H2,1-3H3/t18-/m0/s1. The van der Waals surface area contributed by atoms with Crippen LogP contribution in [0, 0.1) is 0 Å². The largest absolute Gasteiger partial charge is 0.243 e. The van der Waals surface area contributed by atoms with E-state index in [0.717, 1.165) is 5.56 Å². The molecule has 0 bridgehead atoms. The number of sulfonamides is 2. The molecule has 2 saturated heterocycles. The molecule has 0 spiro atoms. The first-order valence-corrected chi connectivity index (χ1v) is 14.8. The van der Waals surface area contributed by atoms with Crippen LogP contribution in [0.15, 0.2) is 29.2 Å². The van der Waals surface area contributed by atoms with Gasteiger partial charge in [-0.25, -0.2) is 29.6 Å². The van der Waals surface area contributed by atoms with E-state index in [2.05, 4.69) is 20.8 Å². The van der Waals surface area contributed by atoms with E-state index in [-0.39, 0.29) is 54.4 Å². The van der Waals surface area contributed by atoms with E-state index in [1.54, 1.807) is 12.1 Å². The minimum absolute atomic E-state index is 0.0260. The smallest absolute Gasteiger partial charge is 0.229 e. The summed E-state index contributed by atoms with van der Waals surface area (Å²) in [5.74, 6) is -0.468. The number of rotatable bonds is 4. The van der Waals surface area contributed by atoms with Gasteiger partial charge in [-0.2, -0.15) is 4.31 Å². The van der Waals surface area contributed by atoms with Crippen LogP contribution in [-0.4, -0.2) is 76.8 Å². The van der Waals surface area contributed by atoms with Gasteiger partial charge in [0.15, 0.2) is 9.84 Å². The first kappa shape index (κ1) is 23.6. The molecule has 0 aromatic heterocycles. The molecule has 1 aromatic carbocycles. The van der Waals surface area contributed by atoms with Crippen molar-refractivity contribution >= 4 is 29.9 Å². The van der Waals surface area contributed by atoms with E-state index in [1.807, 2.05) is 12.1 Å². The third-order valence-corrected chi connectivity index (χ3v) is 12.0. The van der Waals surface area contributed by atoms with Crippen LogP contribution >= 0.6 is 0 Å². The topological polar surface area (TPSA) is 109 Å². The summed E-state index contributed by atoms with van der Waals surface area (Å²) in [5.41, 5.74) is 0.939. The van der Waals surface area contributed by atoms with Crippen LogP contribution in [0.25, 0.3) is 0 Å². The van der Waals surface area contributed by atoms with Crippen LogP contribution < -0.4 is 0 Å². The highest BCUT2D eigenvalue weighted by molar-refractivity contribution is 7.95. The highest BCUT2D eigenvalue weighted by atomic mass is 32.2. The van der Waals surface area contributed by atoms with Crippen molar-refractivity contribution in [3.05, 3.63) is 29.8 Å². The molecular formula is C19H30N2O6S3. The average molecular weight is 479 g/mol. The van der Waals surface area contributed by atoms with Gasteiger partial charge in [-0.3, -0.25) is 0 Å². The van der Waals surface area contributed by atoms with Crippen LogP contribution in [0.4, 0.5) is 0 Å². The van der Waals surface area contributed by atoms with Gasteiger partial charge in [-0.1, -0.05) is 32.9 Å². The fourth-order valence-electron chi connectivity index (χ4n) is 3.85. The molecule has 0 radical (unpaired) electrons. The van der Waals surface area contributed by atoms with Crippen molar-refractivity contribution in [3.8, 4) is 0 Å². The Morgan fingerprint density at radius 2 is 1.47 bits per heavy atom. The molecule has 11 heteroatoms. The highest BCUT2D eigenvalue weighted by Crippen LogP contribution is 2.27. The van der Waals surface area contributed by atoms with E-state index in [1.165, 1.54) is 8.61 Å². The summed E-state index contributed by atoms with van der Waals surface area (Å²) in [4.78, 5) is 0.189. The Morgan fingerprint density at radius 1 is 0.900 bits per heavy atom. The number of sulfone groups is 1. The zero-order valence-electron chi connectivity index (χ0n) is 17.6. The summed E-state index contributed by atoms with van der Waals surface area (Å²) in [7, 11) is -10.8. The molecule has 2 aliphatic heterocycles. The van der Waals surface area contributed by atoms with E-state index in [9.17, 15) is 25.3 Å². The Hall–Kier alpha value is -1.01. The first-order valence-electron chi connectivity index (χ1n) is 10.0. The van der Waals surface area contributed by atoms with Gasteiger partial charge < -0.3 is 0 Å². The van der Waals surface area contributed by atoms with Gasteiger partial charge in [0.05, 0.1) is 21.7 Å². The summed E-state index contributed by atoms with van der Waals surface area (Å²) < 4.78 is 77.9. The molecule has 0 amide bonds. The summed E-state index contributed by atoms with van der Waals surface area (Å²) >= 11 is 0. The quantitative estimate of drug-likeness (QED) is 0.643. The second-order valence-electron chi connectivity index (χ2n) is 9.00. The van der Waals surface area contributed by atoms with E-state index < -0.39 is 35.1 Å². The maximum absolute atomic E-state index is 13.1. The molecule has 0 unspecified atom stereocenters. The maximum Gasteiger partial charge on any atom is 0.243 e. The zero-order chi connectivity index (χ0) is 22.4. The van der Waals surface area contributed by atoms with Crippen LogP contribution in [0.5, 0.6) is 0 Å². The van der Waals surface area contributed by atoms with Crippen molar-refractivity contribution in [3.63, 3.8) is 0 Å². The van der Waals surface area contributed by atoms with Crippen molar-refractivity contribution in [2.75, 3.05) is 37.7 Å². The Kier molecular flexibility index (Phi) is 6.43. The third-order valence-electron chi connectivity index (χ3n) is 5.74. The SMILES string of the molecule is CC(C)(C)c1ccc(S(=O)(=O)N2CCCN(S(=O)(=O)[C@H]3CCS(=O)(=O)C3)CC2)cc1. The normalized spacial score (nSPS) is 24.6. The fourth-order valence-corrected chi connectivity index (χ4v) is 9.88. The maximum atomic E-state index is 13.1. The second kappa shape index (κ2) is 8.16. The minimum Gasteiger partial charge on any atom is -0.229 e. The molecule has 0 aliphatic carbocycles. The molecule has 1 atom stereocenters. The van der Waals surface area contributed by atoms with Crippen molar-refractivity contribution in [1.82, 2.24) is 8.61 Å². The van der Waals surface area contributed by atoms with E-state index in [4.69, 9.17) is 0 Å². The molecule has 2 heterocycles. The van der Waals surface area contributed by atoms with Crippen LogP contribution in [0.1, 0.15) is 39.2 Å². The molecule has 0 N–H and O–H groups in total.